The number of thiazole rings is 1. The van der Waals surface area contributed by atoms with Crippen molar-refractivity contribution in [3.05, 3.63) is 34.8 Å². The molecular weight excluding hydrogens is 296 g/mol. The minimum absolute atomic E-state index is 0.329. The lowest BCUT2D eigenvalue weighted by molar-refractivity contribution is 0.506. The van der Waals surface area contributed by atoms with Crippen LogP contribution in [0, 0.1) is 0 Å². The van der Waals surface area contributed by atoms with E-state index in [2.05, 4.69) is 14.7 Å². The molecule has 0 unspecified atom stereocenters. The second-order valence-corrected chi connectivity index (χ2v) is 7.18. The van der Waals surface area contributed by atoms with Gasteiger partial charge in [-0.2, -0.15) is 12.7 Å². The van der Waals surface area contributed by atoms with Gasteiger partial charge < -0.3 is 0 Å². The van der Waals surface area contributed by atoms with E-state index in [4.69, 9.17) is 0 Å². The molecule has 2 rings (SSSR count). The summed E-state index contributed by atoms with van der Waals surface area (Å²) in [6.07, 6.45) is 2.28. The van der Waals surface area contributed by atoms with Crippen LogP contribution in [0.15, 0.2) is 29.8 Å². The molecule has 0 bridgehead atoms. The van der Waals surface area contributed by atoms with Gasteiger partial charge in [0, 0.05) is 38.6 Å². The normalized spacial score (nSPS) is 11.9. The molecule has 2 aromatic rings. The van der Waals surface area contributed by atoms with Crippen LogP contribution in [0.4, 0.5) is 0 Å². The van der Waals surface area contributed by atoms with Crippen LogP contribution in [0.3, 0.4) is 0 Å². The average Bonchev–Trinajstić information content (AvgIpc) is 2.88. The Balaban J connectivity index is 1.94. The van der Waals surface area contributed by atoms with Crippen molar-refractivity contribution in [2.24, 2.45) is 0 Å². The molecule has 0 aromatic carbocycles. The lowest BCUT2D eigenvalue weighted by atomic mass is 10.3. The van der Waals surface area contributed by atoms with Crippen molar-refractivity contribution in [2.75, 3.05) is 20.6 Å². The van der Waals surface area contributed by atoms with Gasteiger partial charge in [0.15, 0.2) is 0 Å². The SMILES string of the molecule is CN(C)S(=O)(=O)NCCc1nc(-c2ccccn2)cs1. The standard InChI is InChI=1S/C12H16N4O2S2/c1-16(2)20(17,18)14-8-6-12-15-11(9-19-12)10-5-3-4-7-13-10/h3-5,7,9,14H,6,8H2,1-2H3. The van der Waals surface area contributed by atoms with Gasteiger partial charge >= 0.3 is 0 Å². The Bertz CT molecular complexity index is 653. The van der Waals surface area contributed by atoms with Gasteiger partial charge in [-0.15, -0.1) is 11.3 Å². The van der Waals surface area contributed by atoms with Gasteiger partial charge in [0.25, 0.3) is 10.2 Å². The summed E-state index contributed by atoms with van der Waals surface area (Å²) in [5, 5.41) is 2.81. The van der Waals surface area contributed by atoms with Crippen LogP contribution in [0.25, 0.3) is 11.4 Å². The highest BCUT2D eigenvalue weighted by Gasteiger charge is 2.12. The van der Waals surface area contributed by atoms with Crippen LogP contribution in [0.2, 0.25) is 0 Å². The molecule has 0 atom stereocenters. The lowest BCUT2D eigenvalue weighted by Crippen LogP contribution is -2.36. The van der Waals surface area contributed by atoms with Crippen molar-refractivity contribution < 1.29 is 8.42 Å². The van der Waals surface area contributed by atoms with E-state index >= 15 is 0 Å². The molecule has 0 saturated heterocycles. The Hall–Kier alpha value is -1.35. The van der Waals surface area contributed by atoms with Gasteiger partial charge in [0.2, 0.25) is 0 Å². The molecule has 0 amide bonds. The third-order valence-electron chi connectivity index (χ3n) is 2.58. The summed E-state index contributed by atoms with van der Waals surface area (Å²) in [7, 11) is -0.384. The molecule has 108 valence electrons. The van der Waals surface area contributed by atoms with Crippen molar-refractivity contribution in [1.29, 1.82) is 0 Å². The minimum atomic E-state index is -3.37. The van der Waals surface area contributed by atoms with Crippen LogP contribution >= 0.6 is 11.3 Å². The molecule has 0 radical (unpaired) electrons. The first-order valence-corrected chi connectivity index (χ1v) is 8.34. The van der Waals surface area contributed by atoms with E-state index in [1.54, 1.807) is 6.20 Å². The number of rotatable bonds is 6. The van der Waals surface area contributed by atoms with Gasteiger partial charge in [-0.25, -0.2) is 9.71 Å². The van der Waals surface area contributed by atoms with Crippen molar-refractivity contribution in [3.63, 3.8) is 0 Å². The van der Waals surface area contributed by atoms with E-state index in [9.17, 15) is 8.42 Å². The van der Waals surface area contributed by atoms with E-state index in [0.717, 1.165) is 20.7 Å². The Kier molecular flexibility index (Phi) is 4.81. The summed E-state index contributed by atoms with van der Waals surface area (Å²) in [5.74, 6) is 0. The van der Waals surface area contributed by atoms with E-state index < -0.39 is 10.2 Å². The molecule has 0 fully saturated rings. The lowest BCUT2D eigenvalue weighted by Gasteiger charge is -2.11. The van der Waals surface area contributed by atoms with E-state index in [-0.39, 0.29) is 0 Å². The molecule has 0 aliphatic heterocycles. The molecule has 2 aromatic heterocycles. The molecule has 0 aliphatic rings. The van der Waals surface area contributed by atoms with Crippen molar-refractivity contribution in [2.45, 2.75) is 6.42 Å². The number of hydrogen-bond acceptors (Lipinski definition) is 5. The van der Waals surface area contributed by atoms with E-state index in [0.29, 0.717) is 13.0 Å². The van der Waals surface area contributed by atoms with Gasteiger partial charge in [0.1, 0.15) is 0 Å². The van der Waals surface area contributed by atoms with Crippen LogP contribution < -0.4 is 4.72 Å². The number of pyridine rings is 1. The smallest absolute Gasteiger partial charge is 0.255 e. The topological polar surface area (TPSA) is 75.2 Å². The number of nitrogens with zero attached hydrogens (tertiary/aromatic N) is 3. The highest BCUT2D eigenvalue weighted by molar-refractivity contribution is 7.87. The molecular formula is C12H16N4O2S2. The number of aromatic nitrogens is 2. The maximum atomic E-state index is 11.5. The molecule has 8 heteroatoms. The Labute approximate surface area is 122 Å². The number of hydrogen-bond donors (Lipinski definition) is 1. The Morgan fingerprint density at radius 2 is 2.10 bits per heavy atom. The highest BCUT2D eigenvalue weighted by Crippen LogP contribution is 2.19. The fraction of sp³-hybridized carbons (Fsp3) is 0.333. The van der Waals surface area contributed by atoms with E-state index in [1.807, 2.05) is 23.6 Å². The zero-order valence-electron chi connectivity index (χ0n) is 11.3. The third-order valence-corrected chi connectivity index (χ3v) is 5.02. The molecule has 20 heavy (non-hydrogen) atoms. The van der Waals surface area contributed by atoms with Gasteiger partial charge in [0.05, 0.1) is 16.4 Å². The van der Waals surface area contributed by atoms with Crippen molar-refractivity contribution >= 4 is 21.5 Å². The minimum Gasteiger partial charge on any atom is -0.255 e. The molecule has 0 saturated carbocycles. The van der Waals surface area contributed by atoms with E-state index in [1.165, 1.54) is 25.4 Å². The average molecular weight is 312 g/mol. The molecule has 0 spiro atoms. The summed E-state index contributed by atoms with van der Waals surface area (Å²) in [5.41, 5.74) is 1.64. The largest absolute Gasteiger partial charge is 0.278 e. The maximum absolute atomic E-state index is 11.5. The van der Waals surface area contributed by atoms with Crippen LogP contribution in [0.5, 0.6) is 0 Å². The Morgan fingerprint density at radius 3 is 2.75 bits per heavy atom. The van der Waals surface area contributed by atoms with Crippen LogP contribution in [-0.2, 0) is 16.6 Å². The fourth-order valence-corrected chi connectivity index (χ4v) is 2.88. The first-order valence-electron chi connectivity index (χ1n) is 6.02. The second kappa shape index (κ2) is 6.40. The predicted octanol–water partition coefficient (Wildman–Crippen LogP) is 1.14. The molecule has 1 N–H and O–H groups in total. The van der Waals surface area contributed by atoms with Gasteiger partial charge in [-0.1, -0.05) is 6.07 Å². The molecule has 6 nitrogen and oxygen atoms in total. The first-order chi connectivity index (χ1) is 9.49. The molecule has 2 heterocycles. The summed E-state index contributed by atoms with van der Waals surface area (Å²) in [6, 6.07) is 5.66. The third kappa shape index (κ3) is 3.83. The number of nitrogens with one attached hydrogen (secondary N) is 1. The van der Waals surface area contributed by atoms with Crippen molar-refractivity contribution in [3.8, 4) is 11.4 Å². The zero-order valence-corrected chi connectivity index (χ0v) is 12.9. The summed E-state index contributed by atoms with van der Waals surface area (Å²) < 4.78 is 26.7. The maximum Gasteiger partial charge on any atom is 0.278 e. The predicted molar refractivity (Wildman–Crippen MR) is 79.7 cm³/mol. The van der Waals surface area contributed by atoms with Crippen LogP contribution in [-0.4, -0.2) is 43.3 Å². The fourth-order valence-electron chi connectivity index (χ4n) is 1.47. The van der Waals surface area contributed by atoms with Crippen molar-refractivity contribution in [1.82, 2.24) is 19.0 Å². The molecule has 0 aliphatic carbocycles. The van der Waals surface area contributed by atoms with Gasteiger partial charge in [-0.3, -0.25) is 4.98 Å². The summed E-state index contributed by atoms with van der Waals surface area (Å²) in [4.78, 5) is 8.68. The first kappa shape index (κ1) is 15.0. The van der Waals surface area contributed by atoms with Crippen LogP contribution in [0.1, 0.15) is 5.01 Å². The van der Waals surface area contributed by atoms with Gasteiger partial charge in [-0.05, 0) is 12.1 Å². The second-order valence-electron chi connectivity index (χ2n) is 4.27. The Morgan fingerprint density at radius 1 is 1.30 bits per heavy atom. The summed E-state index contributed by atoms with van der Waals surface area (Å²) in [6.45, 7) is 0.329. The summed E-state index contributed by atoms with van der Waals surface area (Å²) >= 11 is 1.50. The quantitative estimate of drug-likeness (QED) is 0.868. The highest BCUT2D eigenvalue weighted by atomic mass is 32.2. The monoisotopic (exact) mass is 312 g/mol. The zero-order chi connectivity index (χ0) is 14.6.